The molecule has 0 saturated carbocycles. The lowest BCUT2D eigenvalue weighted by Gasteiger charge is -2.16. The lowest BCUT2D eigenvalue weighted by atomic mass is 10.2. The largest absolute Gasteiger partial charge is 0.378 e. The molecule has 38 heavy (non-hydrogen) atoms. The summed E-state index contributed by atoms with van der Waals surface area (Å²) in [6.45, 7) is 3.45. The van der Waals surface area contributed by atoms with E-state index in [0.717, 1.165) is 30.0 Å². The Hall–Kier alpha value is -4.67. The maximum atomic E-state index is 12.1. The number of anilines is 6. The molecule has 1 saturated heterocycles. The Bertz CT molecular complexity index is 1460. The molecule has 1 fully saturated rings. The van der Waals surface area contributed by atoms with Crippen LogP contribution in [0.2, 0.25) is 0 Å². The van der Waals surface area contributed by atoms with Crippen LogP contribution in [0, 0.1) is 0 Å². The highest BCUT2D eigenvalue weighted by molar-refractivity contribution is 5.90. The predicted octanol–water partition coefficient (Wildman–Crippen LogP) is 3.96. The molecule has 5 rings (SSSR count). The second kappa shape index (κ2) is 10.8. The topological polar surface area (TPSA) is 120 Å². The van der Waals surface area contributed by atoms with Crippen molar-refractivity contribution >= 4 is 57.5 Å². The Kier molecular flexibility index (Phi) is 7.07. The minimum atomic E-state index is -0.126. The van der Waals surface area contributed by atoms with Gasteiger partial charge in [0.1, 0.15) is 0 Å². The molecule has 3 heterocycles. The average Bonchev–Trinajstić information content (AvgIpc) is 3.49. The quantitative estimate of drug-likeness (QED) is 0.308. The molecule has 11 nitrogen and oxygen atoms in total. The summed E-state index contributed by atoms with van der Waals surface area (Å²) in [5, 5.41) is 9.44. The fourth-order valence-corrected chi connectivity index (χ4v) is 4.39. The highest BCUT2D eigenvalue weighted by Gasteiger charge is 2.21. The average molecular weight is 514 g/mol. The summed E-state index contributed by atoms with van der Waals surface area (Å²) in [5.74, 6) is 1.03. The van der Waals surface area contributed by atoms with Gasteiger partial charge in [-0.1, -0.05) is 6.07 Å². The van der Waals surface area contributed by atoms with Crippen LogP contribution in [0.1, 0.15) is 19.8 Å². The van der Waals surface area contributed by atoms with Gasteiger partial charge in [-0.15, -0.1) is 0 Å². The summed E-state index contributed by atoms with van der Waals surface area (Å²) in [7, 11) is 3.98. The van der Waals surface area contributed by atoms with Crippen molar-refractivity contribution in [2.24, 2.45) is 0 Å². The first-order valence-corrected chi connectivity index (χ1v) is 12.6. The van der Waals surface area contributed by atoms with E-state index in [9.17, 15) is 9.59 Å². The van der Waals surface area contributed by atoms with Crippen LogP contribution < -0.4 is 20.9 Å². The Morgan fingerprint density at radius 1 is 1.00 bits per heavy atom. The summed E-state index contributed by atoms with van der Waals surface area (Å²) in [6, 6.07) is 15.4. The monoisotopic (exact) mass is 513 g/mol. The summed E-state index contributed by atoms with van der Waals surface area (Å²) in [6.07, 6.45) is 3.25. The van der Waals surface area contributed by atoms with E-state index in [1.165, 1.54) is 6.92 Å². The zero-order valence-electron chi connectivity index (χ0n) is 21.7. The van der Waals surface area contributed by atoms with Crippen LogP contribution in [0.25, 0.3) is 11.2 Å². The molecule has 0 spiro atoms. The van der Waals surface area contributed by atoms with Crippen LogP contribution in [0.5, 0.6) is 0 Å². The molecule has 11 heteroatoms. The Balaban J connectivity index is 1.47. The predicted molar refractivity (Wildman–Crippen MR) is 149 cm³/mol. The van der Waals surface area contributed by atoms with Crippen LogP contribution in [0.3, 0.4) is 0 Å². The first-order chi connectivity index (χ1) is 18.4. The number of hydrogen-bond acceptors (Lipinski definition) is 8. The highest BCUT2D eigenvalue weighted by atomic mass is 16.2. The first kappa shape index (κ1) is 25.0. The van der Waals surface area contributed by atoms with Crippen LogP contribution in [0.4, 0.5) is 34.5 Å². The van der Waals surface area contributed by atoms with Crippen molar-refractivity contribution in [2.75, 3.05) is 48.0 Å². The third kappa shape index (κ3) is 5.66. The first-order valence-electron chi connectivity index (χ1n) is 12.6. The van der Waals surface area contributed by atoms with Crippen LogP contribution in [0.15, 0.2) is 54.9 Å². The van der Waals surface area contributed by atoms with Crippen molar-refractivity contribution in [1.82, 2.24) is 24.4 Å². The number of carbonyl (C=O) groups is 2. The molecule has 0 unspecified atom stereocenters. The molecule has 196 valence electrons. The maximum Gasteiger partial charge on any atom is 0.231 e. The van der Waals surface area contributed by atoms with E-state index in [-0.39, 0.29) is 11.8 Å². The van der Waals surface area contributed by atoms with E-state index in [1.807, 2.05) is 77.0 Å². The molecule has 0 bridgehead atoms. The molecule has 1 aliphatic heterocycles. The molecule has 2 aromatic carbocycles. The minimum absolute atomic E-state index is 0.126. The zero-order valence-corrected chi connectivity index (χ0v) is 21.7. The van der Waals surface area contributed by atoms with Crippen LogP contribution in [-0.2, 0) is 16.1 Å². The smallest absolute Gasteiger partial charge is 0.231 e. The summed E-state index contributed by atoms with van der Waals surface area (Å²) >= 11 is 0. The third-order valence-electron chi connectivity index (χ3n) is 6.33. The second-order valence-corrected chi connectivity index (χ2v) is 9.44. The van der Waals surface area contributed by atoms with Gasteiger partial charge in [-0.25, -0.2) is 4.98 Å². The van der Waals surface area contributed by atoms with Gasteiger partial charge >= 0.3 is 0 Å². The number of likely N-dealkylation sites (tertiary alicyclic amines) is 1. The molecular weight excluding hydrogens is 482 g/mol. The van der Waals surface area contributed by atoms with E-state index < -0.39 is 0 Å². The molecule has 0 aliphatic carbocycles. The van der Waals surface area contributed by atoms with Gasteiger partial charge in [0.15, 0.2) is 17.0 Å². The van der Waals surface area contributed by atoms with E-state index in [0.29, 0.717) is 48.1 Å². The number of carbonyl (C=O) groups excluding carboxylic acids is 2. The van der Waals surface area contributed by atoms with Crippen molar-refractivity contribution in [3.8, 4) is 0 Å². The maximum absolute atomic E-state index is 12.1. The van der Waals surface area contributed by atoms with E-state index in [2.05, 4.69) is 20.9 Å². The van der Waals surface area contributed by atoms with Crippen molar-refractivity contribution in [2.45, 2.75) is 26.3 Å². The van der Waals surface area contributed by atoms with Gasteiger partial charge in [0.05, 0.1) is 6.33 Å². The van der Waals surface area contributed by atoms with E-state index >= 15 is 0 Å². The third-order valence-corrected chi connectivity index (χ3v) is 6.33. The molecule has 2 aromatic heterocycles. The highest BCUT2D eigenvalue weighted by Crippen LogP contribution is 2.27. The van der Waals surface area contributed by atoms with Gasteiger partial charge in [0.2, 0.25) is 17.8 Å². The van der Waals surface area contributed by atoms with Gasteiger partial charge in [-0.2, -0.15) is 9.97 Å². The van der Waals surface area contributed by atoms with E-state index in [4.69, 9.17) is 9.97 Å². The summed E-state index contributed by atoms with van der Waals surface area (Å²) in [5.41, 5.74) is 4.69. The number of benzene rings is 2. The summed E-state index contributed by atoms with van der Waals surface area (Å²) in [4.78, 5) is 41.5. The van der Waals surface area contributed by atoms with Crippen molar-refractivity contribution in [3.63, 3.8) is 0 Å². The molecule has 4 aromatic rings. The number of hydrogen-bond donors (Lipinski definition) is 3. The number of rotatable bonds is 9. The van der Waals surface area contributed by atoms with Gasteiger partial charge in [-0.05, 0) is 48.9 Å². The Morgan fingerprint density at radius 3 is 2.50 bits per heavy atom. The van der Waals surface area contributed by atoms with Crippen LogP contribution >= 0.6 is 0 Å². The molecule has 0 atom stereocenters. The van der Waals surface area contributed by atoms with E-state index in [1.54, 1.807) is 6.33 Å². The van der Waals surface area contributed by atoms with Crippen molar-refractivity contribution in [1.29, 1.82) is 0 Å². The molecule has 2 amide bonds. The molecule has 1 aliphatic rings. The van der Waals surface area contributed by atoms with Gasteiger partial charge in [0, 0.05) is 69.8 Å². The summed E-state index contributed by atoms with van der Waals surface area (Å²) < 4.78 is 1.95. The van der Waals surface area contributed by atoms with Crippen molar-refractivity contribution in [3.05, 3.63) is 54.9 Å². The lowest BCUT2D eigenvalue weighted by Crippen LogP contribution is -2.28. The SMILES string of the molecule is CC(=O)Nc1ccc(Nc2nc(Nc3cccc(N(C)C)c3)nc3c2ncn3CCN2CCCC2=O)cc1. The standard InChI is InChI=1S/C27H31N9O2/c1-18(37)29-19-9-11-20(12-10-19)30-25-24-26(36(17-28-24)15-14-35-13-5-8-23(35)38)33-27(32-25)31-21-6-4-7-22(16-21)34(2)3/h4,6-7,9-12,16-17H,5,8,13-15H2,1-3H3,(H,29,37)(H2,30,31,32,33). The normalized spacial score (nSPS) is 13.1. The number of fused-ring (bicyclic) bond motifs is 1. The van der Waals surface area contributed by atoms with Gasteiger partial charge in [-0.3, -0.25) is 9.59 Å². The fraction of sp³-hybridized carbons (Fsp3) is 0.296. The number of nitrogens with zero attached hydrogens (tertiary/aromatic N) is 6. The molecular formula is C27H31N9O2. The number of nitrogens with one attached hydrogen (secondary N) is 3. The Morgan fingerprint density at radius 2 is 1.79 bits per heavy atom. The Labute approximate surface area is 220 Å². The van der Waals surface area contributed by atoms with Gasteiger partial charge < -0.3 is 30.3 Å². The number of aromatic nitrogens is 4. The van der Waals surface area contributed by atoms with Gasteiger partial charge in [0.25, 0.3) is 0 Å². The number of imidazole rings is 1. The van der Waals surface area contributed by atoms with Crippen molar-refractivity contribution < 1.29 is 9.59 Å². The second-order valence-electron chi connectivity index (χ2n) is 9.44. The van der Waals surface area contributed by atoms with Crippen LogP contribution in [-0.4, -0.2) is 63.4 Å². The zero-order chi connectivity index (χ0) is 26.6. The molecule has 0 radical (unpaired) electrons. The lowest BCUT2D eigenvalue weighted by molar-refractivity contribution is -0.127. The minimum Gasteiger partial charge on any atom is -0.378 e. The number of amides is 2. The fourth-order valence-electron chi connectivity index (χ4n) is 4.39. The molecule has 3 N–H and O–H groups in total.